The molecular formula is C23H25N3OS. The number of benzene rings is 2. The standard InChI is InChI=1S/C23H25N3OS/c1-18-7-9-20(10-8-18)23-24-21(17-28-23)15-22(27)26-13-11-25(12-14-26)16-19-5-3-2-4-6-19/h2-10,17H,11-16H2,1H3. The maximum absolute atomic E-state index is 12.7. The van der Waals surface area contributed by atoms with Crippen molar-refractivity contribution in [2.24, 2.45) is 0 Å². The van der Waals surface area contributed by atoms with Gasteiger partial charge in [-0.3, -0.25) is 9.69 Å². The van der Waals surface area contributed by atoms with Gasteiger partial charge in [0.25, 0.3) is 0 Å². The first-order valence-corrected chi connectivity index (χ1v) is 10.6. The Morgan fingerprint density at radius 2 is 1.71 bits per heavy atom. The third-order valence-electron chi connectivity index (χ3n) is 5.16. The smallest absolute Gasteiger partial charge is 0.228 e. The zero-order chi connectivity index (χ0) is 19.3. The number of nitrogens with zero attached hydrogens (tertiary/aromatic N) is 3. The molecule has 0 atom stereocenters. The molecular weight excluding hydrogens is 366 g/mol. The van der Waals surface area contributed by atoms with Crippen LogP contribution in [0.25, 0.3) is 10.6 Å². The molecule has 1 amide bonds. The van der Waals surface area contributed by atoms with E-state index in [1.165, 1.54) is 11.1 Å². The summed E-state index contributed by atoms with van der Waals surface area (Å²) < 4.78 is 0. The van der Waals surface area contributed by atoms with Crippen molar-refractivity contribution in [3.63, 3.8) is 0 Å². The summed E-state index contributed by atoms with van der Waals surface area (Å²) in [5.41, 5.74) is 4.55. The predicted molar refractivity (Wildman–Crippen MR) is 114 cm³/mol. The molecule has 3 aromatic rings. The fraction of sp³-hybridized carbons (Fsp3) is 0.304. The van der Waals surface area contributed by atoms with E-state index in [2.05, 4.69) is 65.3 Å². The monoisotopic (exact) mass is 391 g/mol. The number of piperazine rings is 1. The van der Waals surface area contributed by atoms with Crippen LogP contribution in [0.15, 0.2) is 60.0 Å². The maximum atomic E-state index is 12.7. The molecule has 2 heterocycles. The minimum Gasteiger partial charge on any atom is -0.340 e. The highest BCUT2D eigenvalue weighted by atomic mass is 32.1. The van der Waals surface area contributed by atoms with E-state index in [9.17, 15) is 4.79 Å². The molecule has 0 radical (unpaired) electrons. The molecule has 144 valence electrons. The van der Waals surface area contributed by atoms with Gasteiger partial charge in [0.2, 0.25) is 5.91 Å². The second-order valence-electron chi connectivity index (χ2n) is 7.33. The van der Waals surface area contributed by atoms with Crippen molar-refractivity contribution in [1.82, 2.24) is 14.8 Å². The van der Waals surface area contributed by atoms with Crippen molar-refractivity contribution in [1.29, 1.82) is 0 Å². The molecule has 0 aliphatic carbocycles. The quantitative estimate of drug-likeness (QED) is 0.659. The van der Waals surface area contributed by atoms with Crippen molar-refractivity contribution in [2.45, 2.75) is 19.9 Å². The second-order valence-corrected chi connectivity index (χ2v) is 8.19. The summed E-state index contributed by atoms with van der Waals surface area (Å²) in [6, 6.07) is 18.9. The Labute approximate surface area is 170 Å². The predicted octanol–water partition coefficient (Wildman–Crippen LogP) is 4.01. The van der Waals surface area contributed by atoms with Gasteiger partial charge in [0.1, 0.15) is 5.01 Å². The molecule has 1 aliphatic rings. The van der Waals surface area contributed by atoms with Crippen molar-refractivity contribution >= 4 is 17.2 Å². The first kappa shape index (κ1) is 18.8. The zero-order valence-electron chi connectivity index (χ0n) is 16.2. The second kappa shape index (κ2) is 8.67. The molecule has 0 saturated carbocycles. The molecule has 0 spiro atoms. The van der Waals surface area contributed by atoms with E-state index < -0.39 is 0 Å². The van der Waals surface area contributed by atoms with E-state index in [0.29, 0.717) is 6.42 Å². The van der Waals surface area contributed by atoms with Crippen LogP contribution < -0.4 is 0 Å². The lowest BCUT2D eigenvalue weighted by Crippen LogP contribution is -2.48. The van der Waals surface area contributed by atoms with Gasteiger partial charge in [-0.05, 0) is 12.5 Å². The van der Waals surface area contributed by atoms with E-state index in [0.717, 1.165) is 49.0 Å². The third kappa shape index (κ3) is 4.66. The van der Waals surface area contributed by atoms with Crippen LogP contribution in [0.1, 0.15) is 16.8 Å². The topological polar surface area (TPSA) is 36.4 Å². The van der Waals surface area contributed by atoms with E-state index in [1.54, 1.807) is 11.3 Å². The van der Waals surface area contributed by atoms with E-state index in [4.69, 9.17) is 0 Å². The third-order valence-corrected chi connectivity index (χ3v) is 6.10. The number of carbonyl (C=O) groups excluding carboxylic acids is 1. The van der Waals surface area contributed by atoms with Gasteiger partial charge in [-0.1, -0.05) is 60.2 Å². The highest BCUT2D eigenvalue weighted by Crippen LogP contribution is 2.24. The number of hydrogen-bond acceptors (Lipinski definition) is 4. The van der Waals surface area contributed by atoms with E-state index >= 15 is 0 Å². The van der Waals surface area contributed by atoms with Crippen LogP contribution in [-0.4, -0.2) is 46.9 Å². The maximum Gasteiger partial charge on any atom is 0.228 e. The van der Waals surface area contributed by atoms with Crippen LogP contribution >= 0.6 is 11.3 Å². The SMILES string of the molecule is Cc1ccc(-c2nc(CC(=O)N3CCN(Cc4ccccc4)CC3)cs2)cc1. The van der Waals surface area contributed by atoms with Gasteiger partial charge < -0.3 is 4.90 Å². The lowest BCUT2D eigenvalue weighted by molar-refractivity contribution is -0.132. The highest BCUT2D eigenvalue weighted by molar-refractivity contribution is 7.13. The minimum absolute atomic E-state index is 0.181. The van der Waals surface area contributed by atoms with E-state index in [1.807, 2.05) is 16.3 Å². The van der Waals surface area contributed by atoms with Crippen LogP contribution in [0.5, 0.6) is 0 Å². The van der Waals surface area contributed by atoms with Crippen molar-refractivity contribution < 1.29 is 4.79 Å². The zero-order valence-corrected chi connectivity index (χ0v) is 17.0. The minimum atomic E-state index is 0.181. The fourth-order valence-corrected chi connectivity index (χ4v) is 4.31. The number of thiazole rings is 1. The molecule has 5 heteroatoms. The number of carbonyl (C=O) groups is 1. The van der Waals surface area contributed by atoms with Crippen LogP contribution in [0, 0.1) is 6.92 Å². The van der Waals surface area contributed by atoms with E-state index in [-0.39, 0.29) is 5.91 Å². The first-order valence-electron chi connectivity index (χ1n) is 9.73. The number of aryl methyl sites for hydroxylation is 1. The van der Waals surface area contributed by atoms with Gasteiger partial charge in [-0.15, -0.1) is 11.3 Å². The molecule has 4 nitrogen and oxygen atoms in total. The van der Waals surface area contributed by atoms with Crippen molar-refractivity contribution in [2.75, 3.05) is 26.2 Å². The number of aromatic nitrogens is 1. The molecule has 0 bridgehead atoms. The fourth-order valence-electron chi connectivity index (χ4n) is 3.48. The van der Waals surface area contributed by atoms with Gasteiger partial charge in [0.15, 0.2) is 0 Å². The number of rotatable bonds is 5. The Balaban J connectivity index is 1.29. The summed E-state index contributed by atoms with van der Waals surface area (Å²) in [4.78, 5) is 21.8. The summed E-state index contributed by atoms with van der Waals surface area (Å²) in [7, 11) is 0. The molecule has 0 N–H and O–H groups in total. The first-order chi connectivity index (χ1) is 13.7. The molecule has 4 rings (SSSR count). The summed E-state index contributed by atoms with van der Waals surface area (Å²) in [5.74, 6) is 0.181. The van der Waals surface area contributed by atoms with Crippen LogP contribution in [0.2, 0.25) is 0 Å². The summed E-state index contributed by atoms with van der Waals surface area (Å²) >= 11 is 1.61. The molecule has 1 fully saturated rings. The van der Waals surface area contributed by atoms with Gasteiger partial charge >= 0.3 is 0 Å². The van der Waals surface area contributed by atoms with Crippen LogP contribution in [0.4, 0.5) is 0 Å². The molecule has 0 unspecified atom stereocenters. The molecule has 1 saturated heterocycles. The Kier molecular flexibility index (Phi) is 5.84. The van der Waals surface area contributed by atoms with Gasteiger partial charge in [0.05, 0.1) is 12.1 Å². The largest absolute Gasteiger partial charge is 0.340 e. The van der Waals surface area contributed by atoms with Crippen molar-refractivity contribution in [3.8, 4) is 10.6 Å². The molecule has 2 aromatic carbocycles. The Bertz CT molecular complexity index is 913. The Hall–Kier alpha value is -2.50. The lowest BCUT2D eigenvalue weighted by atomic mass is 10.1. The molecule has 1 aromatic heterocycles. The molecule has 1 aliphatic heterocycles. The summed E-state index contributed by atoms with van der Waals surface area (Å²) in [5, 5.41) is 2.99. The number of amides is 1. The van der Waals surface area contributed by atoms with Gasteiger partial charge in [-0.25, -0.2) is 4.98 Å². The average Bonchev–Trinajstić information content (AvgIpc) is 3.18. The summed E-state index contributed by atoms with van der Waals surface area (Å²) in [6.07, 6.45) is 0.390. The summed E-state index contributed by atoms with van der Waals surface area (Å²) in [6.45, 7) is 6.46. The van der Waals surface area contributed by atoms with Crippen molar-refractivity contribution in [3.05, 3.63) is 76.8 Å². The lowest BCUT2D eigenvalue weighted by Gasteiger charge is -2.34. The Morgan fingerprint density at radius 1 is 1.00 bits per heavy atom. The number of hydrogen-bond donors (Lipinski definition) is 0. The van der Waals surface area contributed by atoms with Crippen LogP contribution in [0.3, 0.4) is 0 Å². The Morgan fingerprint density at radius 3 is 2.43 bits per heavy atom. The highest BCUT2D eigenvalue weighted by Gasteiger charge is 2.22. The van der Waals surface area contributed by atoms with Gasteiger partial charge in [0, 0.05) is 43.7 Å². The molecule has 28 heavy (non-hydrogen) atoms. The normalized spacial score (nSPS) is 15.0. The van der Waals surface area contributed by atoms with Gasteiger partial charge in [-0.2, -0.15) is 0 Å². The van der Waals surface area contributed by atoms with Crippen LogP contribution in [-0.2, 0) is 17.8 Å². The average molecular weight is 392 g/mol.